The van der Waals surface area contributed by atoms with Crippen molar-refractivity contribution in [1.29, 1.82) is 0 Å². The minimum atomic E-state index is -0.308. The minimum Gasteiger partial charge on any atom is -0.493 e. The number of rotatable bonds is 6. The third kappa shape index (κ3) is 3.87. The van der Waals surface area contributed by atoms with Gasteiger partial charge in [-0.15, -0.1) is 10.2 Å². The normalized spacial score (nSPS) is 10.7. The molecule has 0 bridgehead atoms. The van der Waals surface area contributed by atoms with Gasteiger partial charge in [0, 0.05) is 11.3 Å². The maximum atomic E-state index is 13.0. The van der Waals surface area contributed by atoms with Crippen LogP contribution in [0.1, 0.15) is 15.9 Å². The van der Waals surface area contributed by atoms with E-state index in [0.29, 0.717) is 34.0 Å². The molecule has 0 fully saturated rings. The van der Waals surface area contributed by atoms with Crippen LogP contribution < -0.4 is 19.5 Å². The van der Waals surface area contributed by atoms with Crippen LogP contribution in [-0.2, 0) is 0 Å². The fourth-order valence-electron chi connectivity index (χ4n) is 3.29. The first-order valence-electron chi connectivity index (χ1n) is 9.58. The van der Waals surface area contributed by atoms with Crippen molar-refractivity contribution in [1.82, 2.24) is 15.0 Å². The molecule has 0 radical (unpaired) electrons. The molecule has 0 atom stereocenters. The number of hydrogen-bond donors (Lipinski definition) is 1. The molecule has 0 spiro atoms. The number of para-hydroxylation sites is 1. The lowest BCUT2D eigenvalue weighted by Gasteiger charge is -2.14. The summed E-state index contributed by atoms with van der Waals surface area (Å²) in [7, 11) is 4.53. The molecule has 0 unspecified atom stereocenters. The van der Waals surface area contributed by atoms with Gasteiger partial charge in [0.05, 0.1) is 27.0 Å². The van der Waals surface area contributed by atoms with Crippen molar-refractivity contribution in [3.05, 3.63) is 65.7 Å². The van der Waals surface area contributed by atoms with Crippen LogP contribution in [0.3, 0.4) is 0 Å². The third-order valence-corrected chi connectivity index (χ3v) is 4.89. The number of carbonyl (C=O) groups is 1. The largest absolute Gasteiger partial charge is 0.493 e. The summed E-state index contributed by atoms with van der Waals surface area (Å²) in [6, 6.07) is 16.6. The Bertz CT molecular complexity index is 1230. The van der Waals surface area contributed by atoms with Crippen LogP contribution in [0.15, 0.2) is 54.6 Å². The highest BCUT2D eigenvalue weighted by atomic mass is 16.5. The number of fused-ring (bicyclic) bond motifs is 1. The Morgan fingerprint density at radius 1 is 0.871 bits per heavy atom. The SMILES string of the molecule is COc1cc(C(=O)Nc2cc3nn(-c4ccccc4)nc3cc2C)cc(OC)c1OC. The lowest BCUT2D eigenvalue weighted by atomic mass is 10.1. The zero-order valence-electron chi connectivity index (χ0n) is 17.7. The highest BCUT2D eigenvalue weighted by Crippen LogP contribution is 2.38. The van der Waals surface area contributed by atoms with Crippen LogP contribution in [0.2, 0.25) is 0 Å². The van der Waals surface area contributed by atoms with Gasteiger partial charge in [-0.2, -0.15) is 4.80 Å². The molecule has 0 aliphatic rings. The Labute approximate surface area is 179 Å². The monoisotopic (exact) mass is 418 g/mol. The Balaban J connectivity index is 1.67. The van der Waals surface area contributed by atoms with Gasteiger partial charge in [0.1, 0.15) is 11.0 Å². The summed E-state index contributed by atoms with van der Waals surface area (Å²) in [5, 5.41) is 12.0. The summed E-state index contributed by atoms with van der Waals surface area (Å²) in [6.07, 6.45) is 0. The second kappa shape index (κ2) is 8.35. The molecule has 0 aliphatic heterocycles. The highest BCUT2D eigenvalue weighted by Gasteiger charge is 2.18. The molecule has 1 N–H and O–H groups in total. The van der Waals surface area contributed by atoms with Crippen molar-refractivity contribution >= 4 is 22.6 Å². The van der Waals surface area contributed by atoms with Gasteiger partial charge < -0.3 is 19.5 Å². The number of methoxy groups -OCH3 is 3. The smallest absolute Gasteiger partial charge is 0.255 e. The number of nitrogens with one attached hydrogen (secondary N) is 1. The summed E-state index contributed by atoms with van der Waals surface area (Å²) in [5.41, 5.74) is 4.17. The maximum Gasteiger partial charge on any atom is 0.255 e. The predicted octanol–water partition coefficient (Wildman–Crippen LogP) is 4.01. The van der Waals surface area contributed by atoms with E-state index < -0.39 is 0 Å². The van der Waals surface area contributed by atoms with Crippen molar-refractivity contribution in [2.45, 2.75) is 6.92 Å². The number of hydrogen-bond acceptors (Lipinski definition) is 6. The maximum absolute atomic E-state index is 13.0. The molecule has 4 aromatic rings. The molecule has 8 nitrogen and oxygen atoms in total. The molecule has 3 aromatic carbocycles. The fraction of sp³-hybridized carbons (Fsp3) is 0.174. The molecule has 31 heavy (non-hydrogen) atoms. The molecular formula is C23H22N4O4. The number of carbonyl (C=O) groups excluding carboxylic acids is 1. The van der Waals surface area contributed by atoms with E-state index in [1.165, 1.54) is 21.3 Å². The highest BCUT2D eigenvalue weighted by molar-refractivity contribution is 6.06. The first-order chi connectivity index (χ1) is 15.0. The second-order valence-electron chi connectivity index (χ2n) is 6.85. The number of benzene rings is 3. The minimum absolute atomic E-state index is 0.308. The molecule has 4 rings (SSSR count). The van der Waals surface area contributed by atoms with Crippen LogP contribution in [0.5, 0.6) is 17.2 Å². The van der Waals surface area contributed by atoms with Crippen LogP contribution in [-0.4, -0.2) is 42.2 Å². The molecule has 8 heteroatoms. The Morgan fingerprint density at radius 2 is 1.48 bits per heavy atom. The lowest BCUT2D eigenvalue weighted by Crippen LogP contribution is -2.13. The Morgan fingerprint density at radius 3 is 2.06 bits per heavy atom. The molecule has 0 aliphatic carbocycles. The van der Waals surface area contributed by atoms with Gasteiger partial charge in [0.15, 0.2) is 11.5 Å². The Kier molecular flexibility index (Phi) is 5.44. The summed E-state index contributed by atoms with van der Waals surface area (Å²) in [5.74, 6) is 0.934. The number of ether oxygens (including phenoxy) is 3. The number of aryl methyl sites for hydroxylation is 1. The van der Waals surface area contributed by atoms with Crippen molar-refractivity contribution in [3.63, 3.8) is 0 Å². The molecular weight excluding hydrogens is 396 g/mol. The van der Waals surface area contributed by atoms with Gasteiger partial charge in [0.25, 0.3) is 5.91 Å². The molecule has 158 valence electrons. The topological polar surface area (TPSA) is 87.5 Å². The van der Waals surface area contributed by atoms with Crippen molar-refractivity contribution in [2.24, 2.45) is 0 Å². The van der Waals surface area contributed by atoms with E-state index in [2.05, 4.69) is 15.5 Å². The molecule has 1 amide bonds. The zero-order valence-corrected chi connectivity index (χ0v) is 17.7. The molecule has 1 heterocycles. The van der Waals surface area contributed by atoms with Gasteiger partial charge in [-0.25, -0.2) is 0 Å². The van der Waals surface area contributed by atoms with E-state index in [4.69, 9.17) is 14.2 Å². The molecule has 0 saturated heterocycles. The van der Waals surface area contributed by atoms with Crippen molar-refractivity contribution in [3.8, 4) is 22.9 Å². The van der Waals surface area contributed by atoms with E-state index in [0.717, 1.165) is 16.8 Å². The number of amides is 1. The van der Waals surface area contributed by atoms with Crippen LogP contribution >= 0.6 is 0 Å². The van der Waals surface area contributed by atoms with E-state index in [1.807, 2.05) is 49.4 Å². The standard InChI is InChI=1S/C23H22N4O4/c1-14-10-18-19(26-27(25-18)16-8-6-5-7-9-16)13-17(14)24-23(28)15-11-20(29-2)22(31-4)21(12-15)30-3/h5-13H,1-4H3,(H,24,28). The quantitative estimate of drug-likeness (QED) is 0.509. The summed E-state index contributed by atoms with van der Waals surface area (Å²) >= 11 is 0. The first kappa shape index (κ1) is 20.2. The van der Waals surface area contributed by atoms with Gasteiger partial charge in [-0.1, -0.05) is 18.2 Å². The third-order valence-electron chi connectivity index (χ3n) is 4.89. The summed E-state index contributed by atoms with van der Waals surface area (Å²) in [6.45, 7) is 1.91. The van der Waals surface area contributed by atoms with Gasteiger partial charge in [-0.05, 0) is 48.9 Å². The average molecular weight is 418 g/mol. The van der Waals surface area contributed by atoms with E-state index in [1.54, 1.807) is 16.9 Å². The molecule has 0 saturated carbocycles. The van der Waals surface area contributed by atoms with E-state index >= 15 is 0 Å². The average Bonchev–Trinajstić information content (AvgIpc) is 3.21. The van der Waals surface area contributed by atoms with Gasteiger partial charge >= 0.3 is 0 Å². The van der Waals surface area contributed by atoms with E-state index in [9.17, 15) is 4.79 Å². The summed E-state index contributed by atoms with van der Waals surface area (Å²) in [4.78, 5) is 14.5. The summed E-state index contributed by atoms with van der Waals surface area (Å²) < 4.78 is 16.0. The first-order valence-corrected chi connectivity index (χ1v) is 9.58. The van der Waals surface area contributed by atoms with Gasteiger partial charge in [0.2, 0.25) is 5.75 Å². The van der Waals surface area contributed by atoms with Crippen LogP contribution in [0.25, 0.3) is 16.7 Å². The number of aromatic nitrogens is 3. The zero-order chi connectivity index (χ0) is 22.0. The van der Waals surface area contributed by atoms with Crippen LogP contribution in [0.4, 0.5) is 5.69 Å². The molecule has 1 aromatic heterocycles. The van der Waals surface area contributed by atoms with Crippen molar-refractivity contribution in [2.75, 3.05) is 26.6 Å². The predicted molar refractivity (Wildman–Crippen MR) is 118 cm³/mol. The lowest BCUT2D eigenvalue weighted by molar-refractivity contribution is 0.102. The number of anilines is 1. The van der Waals surface area contributed by atoms with E-state index in [-0.39, 0.29) is 5.91 Å². The number of nitrogens with zero attached hydrogens (tertiary/aromatic N) is 3. The second-order valence-corrected chi connectivity index (χ2v) is 6.85. The Hall–Kier alpha value is -4.07. The van der Waals surface area contributed by atoms with Crippen LogP contribution in [0, 0.1) is 6.92 Å². The fourth-order valence-corrected chi connectivity index (χ4v) is 3.29. The van der Waals surface area contributed by atoms with Gasteiger partial charge in [-0.3, -0.25) is 4.79 Å². The van der Waals surface area contributed by atoms with Crippen molar-refractivity contribution < 1.29 is 19.0 Å².